The number of hydrogen-bond acceptors (Lipinski definition) is 4. The molecule has 6 heteroatoms. The molecule has 3 rings (SSSR count). The SMILES string of the molecule is C[C@@H]1CCNc2cc3ccn(COCC[Si](C)(C)C)c3nc2O1. The molecule has 0 aromatic carbocycles. The van der Waals surface area contributed by atoms with Crippen LogP contribution in [0, 0.1) is 0 Å². The van der Waals surface area contributed by atoms with Crippen LogP contribution < -0.4 is 10.1 Å². The van der Waals surface area contributed by atoms with Crippen LogP contribution in [0.25, 0.3) is 11.0 Å². The van der Waals surface area contributed by atoms with Crippen molar-refractivity contribution < 1.29 is 9.47 Å². The molecule has 0 saturated carbocycles. The van der Waals surface area contributed by atoms with Crippen LogP contribution in [-0.4, -0.2) is 36.9 Å². The van der Waals surface area contributed by atoms with E-state index in [1.807, 2.05) is 6.20 Å². The fourth-order valence-corrected chi connectivity index (χ4v) is 3.37. The minimum Gasteiger partial charge on any atom is -0.473 e. The average Bonchev–Trinajstić information content (AvgIpc) is 2.74. The van der Waals surface area contributed by atoms with Crippen molar-refractivity contribution in [3.05, 3.63) is 18.3 Å². The number of aromatic nitrogens is 2. The molecule has 0 aliphatic carbocycles. The van der Waals surface area contributed by atoms with Crippen LogP contribution >= 0.6 is 0 Å². The summed E-state index contributed by atoms with van der Waals surface area (Å²) in [6, 6.07) is 5.38. The lowest BCUT2D eigenvalue weighted by molar-refractivity contribution is 0.0898. The van der Waals surface area contributed by atoms with Crippen LogP contribution in [0.4, 0.5) is 5.69 Å². The second-order valence-corrected chi connectivity index (χ2v) is 13.2. The molecule has 0 amide bonds. The maximum absolute atomic E-state index is 5.94. The van der Waals surface area contributed by atoms with Crippen LogP contribution in [0.2, 0.25) is 25.7 Å². The Kier molecular flexibility index (Phi) is 4.64. The van der Waals surface area contributed by atoms with E-state index in [2.05, 4.69) is 48.6 Å². The van der Waals surface area contributed by atoms with Gasteiger partial charge in [0.25, 0.3) is 0 Å². The van der Waals surface area contributed by atoms with Gasteiger partial charge in [-0.1, -0.05) is 19.6 Å². The minimum atomic E-state index is -1.04. The third kappa shape index (κ3) is 4.06. The Morgan fingerprint density at radius 3 is 3.04 bits per heavy atom. The first-order valence-corrected chi connectivity index (χ1v) is 12.1. The highest BCUT2D eigenvalue weighted by atomic mass is 28.3. The van der Waals surface area contributed by atoms with E-state index in [4.69, 9.17) is 14.5 Å². The van der Waals surface area contributed by atoms with Crippen molar-refractivity contribution in [1.29, 1.82) is 0 Å². The Morgan fingerprint density at radius 2 is 2.26 bits per heavy atom. The van der Waals surface area contributed by atoms with Gasteiger partial charge in [0.1, 0.15) is 12.4 Å². The smallest absolute Gasteiger partial charge is 0.239 e. The fourth-order valence-electron chi connectivity index (χ4n) is 2.62. The summed E-state index contributed by atoms with van der Waals surface area (Å²) in [7, 11) is -1.04. The molecule has 0 unspecified atom stereocenters. The molecule has 1 aliphatic heterocycles. The van der Waals surface area contributed by atoms with Crippen LogP contribution in [-0.2, 0) is 11.5 Å². The van der Waals surface area contributed by atoms with E-state index >= 15 is 0 Å². The molecule has 5 nitrogen and oxygen atoms in total. The van der Waals surface area contributed by atoms with E-state index in [1.54, 1.807) is 0 Å². The van der Waals surface area contributed by atoms with E-state index in [9.17, 15) is 0 Å². The monoisotopic (exact) mass is 333 g/mol. The zero-order chi connectivity index (χ0) is 16.4. The van der Waals surface area contributed by atoms with Gasteiger partial charge >= 0.3 is 0 Å². The molecule has 2 aromatic heterocycles. The van der Waals surface area contributed by atoms with Gasteiger partial charge in [0.15, 0.2) is 0 Å². The quantitative estimate of drug-likeness (QED) is 0.665. The van der Waals surface area contributed by atoms with Crippen LogP contribution in [0.1, 0.15) is 13.3 Å². The molecule has 126 valence electrons. The zero-order valence-electron chi connectivity index (χ0n) is 14.6. The third-order valence-corrected chi connectivity index (χ3v) is 5.81. The van der Waals surface area contributed by atoms with Gasteiger partial charge in [0, 0.05) is 39.2 Å². The maximum atomic E-state index is 5.94. The van der Waals surface area contributed by atoms with E-state index in [-0.39, 0.29) is 6.10 Å². The zero-order valence-corrected chi connectivity index (χ0v) is 15.6. The van der Waals surface area contributed by atoms with E-state index in [0.29, 0.717) is 12.6 Å². The summed E-state index contributed by atoms with van der Waals surface area (Å²) in [5.74, 6) is 0.699. The van der Waals surface area contributed by atoms with Gasteiger partial charge in [-0.2, -0.15) is 4.98 Å². The normalized spacial score (nSPS) is 18.2. The molecule has 1 aliphatic rings. The van der Waals surface area contributed by atoms with Crippen molar-refractivity contribution in [3.63, 3.8) is 0 Å². The highest BCUT2D eigenvalue weighted by Crippen LogP contribution is 2.30. The number of rotatable bonds is 5. The summed E-state index contributed by atoms with van der Waals surface area (Å²) in [4.78, 5) is 4.72. The van der Waals surface area contributed by atoms with Crippen molar-refractivity contribution >= 4 is 24.8 Å². The van der Waals surface area contributed by atoms with Crippen LogP contribution in [0.15, 0.2) is 18.3 Å². The van der Waals surface area contributed by atoms with Gasteiger partial charge < -0.3 is 19.4 Å². The topological polar surface area (TPSA) is 48.3 Å². The van der Waals surface area contributed by atoms with E-state index in [1.165, 1.54) is 6.04 Å². The van der Waals surface area contributed by atoms with Gasteiger partial charge in [-0.25, -0.2) is 0 Å². The lowest BCUT2D eigenvalue weighted by atomic mass is 10.3. The summed E-state index contributed by atoms with van der Waals surface area (Å²) in [5.41, 5.74) is 1.91. The van der Waals surface area contributed by atoms with Crippen molar-refractivity contribution in [1.82, 2.24) is 9.55 Å². The largest absolute Gasteiger partial charge is 0.473 e. The molecule has 0 fully saturated rings. The molecule has 23 heavy (non-hydrogen) atoms. The van der Waals surface area contributed by atoms with Crippen molar-refractivity contribution in [2.45, 2.75) is 51.9 Å². The molecular weight excluding hydrogens is 306 g/mol. The molecule has 1 atom stereocenters. The van der Waals surface area contributed by atoms with Crippen molar-refractivity contribution in [3.8, 4) is 5.88 Å². The molecule has 0 bridgehead atoms. The Balaban J connectivity index is 1.75. The van der Waals surface area contributed by atoms with Crippen molar-refractivity contribution in [2.24, 2.45) is 0 Å². The van der Waals surface area contributed by atoms with Crippen molar-refractivity contribution in [2.75, 3.05) is 18.5 Å². The van der Waals surface area contributed by atoms with Gasteiger partial charge in [0.05, 0.1) is 11.8 Å². The summed E-state index contributed by atoms with van der Waals surface area (Å²) >= 11 is 0. The Bertz CT molecular complexity index is 678. The lowest BCUT2D eigenvalue weighted by Crippen LogP contribution is -2.22. The highest BCUT2D eigenvalue weighted by Gasteiger charge is 2.17. The first kappa shape index (κ1) is 16.3. The number of anilines is 1. The second kappa shape index (κ2) is 6.53. The molecule has 0 spiro atoms. The fraction of sp³-hybridized carbons (Fsp3) is 0.588. The molecule has 2 aromatic rings. The Morgan fingerprint density at radius 1 is 1.43 bits per heavy atom. The first-order valence-electron chi connectivity index (χ1n) is 8.40. The number of hydrogen-bond donors (Lipinski definition) is 1. The highest BCUT2D eigenvalue weighted by molar-refractivity contribution is 6.76. The van der Waals surface area contributed by atoms with Crippen LogP contribution in [0.5, 0.6) is 5.88 Å². The Labute approximate surface area is 139 Å². The third-order valence-electron chi connectivity index (χ3n) is 4.11. The molecule has 3 heterocycles. The summed E-state index contributed by atoms with van der Waals surface area (Å²) in [6.45, 7) is 11.5. The number of fused-ring (bicyclic) bond motifs is 2. The summed E-state index contributed by atoms with van der Waals surface area (Å²) in [5, 5.41) is 4.52. The number of pyridine rings is 1. The molecule has 0 saturated heterocycles. The van der Waals surface area contributed by atoms with Gasteiger partial charge in [-0.05, 0) is 25.1 Å². The number of nitrogens with zero attached hydrogens (tertiary/aromatic N) is 2. The lowest BCUT2D eigenvalue weighted by Gasteiger charge is -2.16. The first-order chi connectivity index (χ1) is 10.9. The molecule has 1 N–H and O–H groups in total. The standard InChI is InChI=1S/C17H27N3O2Si/c1-13-5-7-18-15-11-14-6-8-20(16(14)19-17(15)22-13)12-21-9-10-23(2,3)4/h6,8,11,13,18H,5,7,9-10,12H2,1-4H3/t13-/m1/s1. The predicted molar refractivity (Wildman–Crippen MR) is 97.0 cm³/mol. The predicted octanol–water partition coefficient (Wildman–Crippen LogP) is 3.93. The average molecular weight is 334 g/mol. The Hall–Kier alpha value is -1.53. The number of ether oxygens (including phenoxy) is 2. The van der Waals surface area contributed by atoms with Gasteiger partial charge in [-0.3, -0.25) is 0 Å². The van der Waals surface area contributed by atoms with Crippen LogP contribution in [0.3, 0.4) is 0 Å². The minimum absolute atomic E-state index is 0.185. The van der Waals surface area contributed by atoms with E-state index in [0.717, 1.165) is 36.3 Å². The van der Waals surface area contributed by atoms with Gasteiger partial charge in [-0.15, -0.1) is 0 Å². The second-order valence-electron chi connectivity index (χ2n) is 7.53. The maximum Gasteiger partial charge on any atom is 0.239 e. The van der Waals surface area contributed by atoms with E-state index < -0.39 is 8.07 Å². The van der Waals surface area contributed by atoms with Gasteiger partial charge in [0.2, 0.25) is 5.88 Å². The molecular formula is C17H27N3O2Si. The summed E-state index contributed by atoms with van der Waals surface area (Å²) in [6.07, 6.45) is 3.21. The molecule has 0 radical (unpaired) electrons. The number of nitrogens with one attached hydrogen (secondary N) is 1. The summed E-state index contributed by atoms with van der Waals surface area (Å²) < 4.78 is 13.8.